The summed E-state index contributed by atoms with van der Waals surface area (Å²) >= 11 is 7.59. The molecule has 2 heterocycles. The van der Waals surface area contributed by atoms with E-state index in [0.29, 0.717) is 16.4 Å². The van der Waals surface area contributed by atoms with Crippen LogP contribution in [0.25, 0.3) is 0 Å². The van der Waals surface area contributed by atoms with Crippen molar-refractivity contribution in [2.24, 2.45) is 0 Å². The highest BCUT2D eigenvalue weighted by molar-refractivity contribution is 8.00. The van der Waals surface area contributed by atoms with Crippen LogP contribution in [0.2, 0.25) is 5.02 Å². The summed E-state index contributed by atoms with van der Waals surface area (Å²) < 4.78 is 14.4. The zero-order valence-corrected chi connectivity index (χ0v) is 13.7. The van der Waals surface area contributed by atoms with Crippen molar-refractivity contribution >= 4 is 35.1 Å². The van der Waals surface area contributed by atoms with Crippen molar-refractivity contribution in [3.8, 4) is 0 Å². The Bertz CT molecular complexity index is 730. The molecule has 114 valence electrons. The van der Waals surface area contributed by atoms with Crippen LogP contribution in [0.15, 0.2) is 30.3 Å². The lowest BCUT2D eigenvalue weighted by atomic mass is 10.1. The topological polar surface area (TPSA) is 33.2 Å². The molecule has 1 aliphatic rings. The number of hydrogen-bond donors (Lipinski definition) is 0. The number of amides is 1. The molecule has 3 nitrogen and oxygen atoms in total. The van der Waals surface area contributed by atoms with Gasteiger partial charge in [0, 0.05) is 16.3 Å². The number of benzene rings is 1. The van der Waals surface area contributed by atoms with Crippen LogP contribution in [0.4, 0.5) is 10.2 Å². The van der Waals surface area contributed by atoms with Crippen molar-refractivity contribution in [3.05, 3.63) is 58.0 Å². The van der Waals surface area contributed by atoms with Gasteiger partial charge in [0.1, 0.15) is 17.0 Å². The van der Waals surface area contributed by atoms with Gasteiger partial charge < -0.3 is 0 Å². The number of hydrogen-bond acceptors (Lipinski definition) is 3. The number of anilines is 1. The van der Waals surface area contributed by atoms with Gasteiger partial charge in [-0.1, -0.05) is 17.7 Å². The van der Waals surface area contributed by atoms with Gasteiger partial charge in [0.25, 0.3) is 0 Å². The van der Waals surface area contributed by atoms with Crippen molar-refractivity contribution in [2.45, 2.75) is 19.2 Å². The van der Waals surface area contributed by atoms with Crippen LogP contribution in [-0.4, -0.2) is 16.6 Å². The first-order chi connectivity index (χ1) is 10.5. The van der Waals surface area contributed by atoms with Crippen molar-refractivity contribution in [1.82, 2.24) is 4.98 Å². The molecule has 1 aromatic heterocycles. The van der Waals surface area contributed by atoms with E-state index in [1.165, 1.54) is 22.7 Å². The molecule has 1 unspecified atom stereocenters. The van der Waals surface area contributed by atoms with Crippen molar-refractivity contribution in [2.75, 3.05) is 10.7 Å². The first-order valence-electron chi connectivity index (χ1n) is 6.80. The Morgan fingerprint density at radius 1 is 1.36 bits per heavy atom. The van der Waals surface area contributed by atoms with Crippen LogP contribution in [0.5, 0.6) is 0 Å². The number of halogens is 2. The molecule has 1 fully saturated rings. The zero-order chi connectivity index (χ0) is 15.9. The SMILES string of the molecule is Cc1cc(F)c(C2SCC(=O)N2c2cccc(C)n2)c(Cl)c1. The largest absolute Gasteiger partial charge is 0.279 e. The molecular formula is C16H14ClFN2OS. The Morgan fingerprint density at radius 3 is 2.82 bits per heavy atom. The summed E-state index contributed by atoms with van der Waals surface area (Å²) in [4.78, 5) is 18.2. The number of pyridine rings is 1. The van der Waals surface area contributed by atoms with Crippen LogP contribution in [-0.2, 0) is 4.79 Å². The number of carbonyl (C=O) groups is 1. The third kappa shape index (κ3) is 2.71. The lowest BCUT2D eigenvalue weighted by molar-refractivity contribution is -0.115. The summed E-state index contributed by atoms with van der Waals surface area (Å²) in [5, 5.41) is -0.155. The average Bonchev–Trinajstić information content (AvgIpc) is 2.79. The van der Waals surface area contributed by atoms with Crippen molar-refractivity contribution < 1.29 is 9.18 Å². The zero-order valence-electron chi connectivity index (χ0n) is 12.1. The fraction of sp³-hybridized carbons (Fsp3) is 0.250. The molecular weight excluding hydrogens is 323 g/mol. The van der Waals surface area contributed by atoms with Crippen LogP contribution in [0, 0.1) is 19.7 Å². The minimum absolute atomic E-state index is 0.0934. The summed E-state index contributed by atoms with van der Waals surface area (Å²) in [5.41, 5.74) is 1.89. The predicted octanol–water partition coefficient (Wildman–Crippen LogP) is 4.27. The number of thioether (sulfide) groups is 1. The molecule has 0 aliphatic carbocycles. The molecule has 1 atom stereocenters. The monoisotopic (exact) mass is 336 g/mol. The van der Waals surface area contributed by atoms with E-state index in [2.05, 4.69) is 4.98 Å². The Morgan fingerprint density at radius 2 is 2.14 bits per heavy atom. The average molecular weight is 337 g/mol. The molecule has 0 spiro atoms. The summed E-state index contributed by atoms with van der Waals surface area (Å²) in [7, 11) is 0. The number of rotatable bonds is 2. The molecule has 1 saturated heterocycles. The molecule has 0 saturated carbocycles. The standard InChI is InChI=1S/C16H14ClFN2OS/c1-9-6-11(17)15(12(18)7-9)16-20(14(21)8-22-16)13-5-3-4-10(2)19-13/h3-7,16H,8H2,1-2H3. The van der Waals surface area contributed by atoms with Crippen molar-refractivity contribution in [3.63, 3.8) is 0 Å². The fourth-order valence-corrected chi connectivity index (χ4v) is 4.15. The van der Waals surface area contributed by atoms with E-state index < -0.39 is 11.2 Å². The highest BCUT2D eigenvalue weighted by Gasteiger charge is 2.37. The maximum atomic E-state index is 14.4. The first kappa shape index (κ1) is 15.3. The summed E-state index contributed by atoms with van der Waals surface area (Å²) in [6.07, 6.45) is 0. The molecule has 0 radical (unpaired) electrons. The van der Waals surface area contributed by atoms with Gasteiger partial charge in [-0.05, 0) is 43.7 Å². The minimum Gasteiger partial charge on any atom is -0.279 e. The molecule has 1 amide bonds. The smallest absolute Gasteiger partial charge is 0.239 e. The molecule has 2 aromatic rings. The van der Waals surface area contributed by atoms with E-state index in [9.17, 15) is 9.18 Å². The molecule has 3 rings (SSSR count). The van der Waals surface area contributed by atoms with Gasteiger partial charge in [-0.2, -0.15) is 0 Å². The van der Waals surface area contributed by atoms with Gasteiger partial charge in [0.15, 0.2) is 0 Å². The normalized spacial score (nSPS) is 18.1. The molecule has 0 bridgehead atoms. The maximum Gasteiger partial charge on any atom is 0.239 e. The highest BCUT2D eigenvalue weighted by atomic mass is 35.5. The van der Waals surface area contributed by atoms with Gasteiger partial charge in [-0.25, -0.2) is 9.37 Å². The Kier molecular flexibility index (Phi) is 4.10. The molecule has 6 heteroatoms. The number of carbonyl (C=O) groups excluding carboxylic acids is 1. The predicted molar refractivity (Wildman–Crippen MR) is 87.8 cm³/mol. The second-order valence-corrected chi connectivity index (χ2v) is 6.68. The van der Waals surface area contributed by atoms with E-state index in [1.54, 1.807) is 19.1 Å². The number of nitrogens with zero attached hydrogens (tertiary/aromatic N) is 2. The van der Waals surface area contributed by atoms with E-state index in [-0.39, 0.29) is 11.7 Å². The maximum absolute atomic E-state index is 14.4. The van der Waals surface area contributed by atoms with Gasteiger partial charge in [-0.15, -0.1) is 11.8 Å². The third-order valence-electron chi connectivity index (χ3n) is 3.46. The lowest BCUT2D eigenvalue weighted by Gasteiger charge is -2.24. The van der Waals surface area contributed by atoms with E-state index in [1.807, 2.05) is 19.1 Å². The Hall–Kier alpha value is -1.59. The minimum atomic E-state index is -0.491. The number of aryl methyl sites for hydroxylation is 2. The highest BCUT2D eigenvalue weighted by Crippen LogP contribution is 2.44. The first-order valence-corrected chi connectivity index (χ1v) is 8.23. The Labute approximate surface area is 137 Å². The van der Waals surface area contributed by atoms with Crippen molar-refractivity contribution in [1.29, 1.82) is 0 Å². The van der Waals surface area contributed by atoms with Gasteiger partial charge >= 0.3 is 0 Å². The number of aromatic nitrogens is 1. The molecule has 22 heavy (non-hydrogen) atoms. The Balaban J connectivity index is 2.09. The van der Waals surface area contributed by atoms with Gasteiger partial charge in [-0.3, -0.25) is 9.69 Å². The van der Waals surface area contributed by atoms with Crippen LogP contribution < -0.4 is 4.90 Å². The van der Waals surface area contributed by atoms with E-state index in [0.717, 1.165) is 11.3 Å². The van der Waals surface area contributed by atoms with E-state index >= 15 is 0 Å². The van der Waals surface area contributed by atoms with E-state index in [4.69, 9.17) is 11.6 Å². The second-order valence-electron chi connectivity index (χ2n) is 5.21. The third-order valence-corrected chi connectivity index (χ3v) is 4.95. The quantitative estimate of drug-likeness (QED) is 0.821. The molecule has 0 N–H and O–H groups in total. The lowest BCUT2D eigenvalue weighted by Crippen LogP contribution is -2.29. The van der Waals surface area contributed by atoms with Crippen LogP contribution in [0.1, 0.15) is 22.2 Å². The van der Waals surface area contributed by atoms with Crippen LogP contribution >= 0.6 is 23.4 Å². The fourth-order valence-electron chi connectivity index (χ4n) is 2.50. The molecule has 1 aliphatic heterocycles. The summed E-state index contributed by atoms with van der Waals surface area (Å²) in [6.45, 7) is 3.64. The summed E-state index contributed by atoms with van der Waals surface area (Å²) in [5.74, 6) is 0.319. The summed E-state index contributed by atoms with van der Waals surface area (Å²) in [6, 6.07) is 8.59. The second kappa shape index (κ2) is 5.89. The van der Waals surface area contributed by atoms with Crippen LogP contribution in [0.3, 0.4) is 0 Å². The van der Waals surface area contributed by atoms with Gasteiger partial charge in [0.2, 0.25) is 5.91 Å². The van der Waals surface area contributed by atoms with Gasteiger partial charge in [0.05, 0.1) is 5.75 Å². The molecule has 1 aromatic carbocycles.